The third kappa shape index (κ3) is 2.47. The Kier molecular flexibility index (Phi) is 3.55. The molecule has 0 bridgehead atoms. The van der Waals surface area contributed by atoms with Gasteiger partial charge >= 0.3 is 5.97 Å². The van der Waals surface area contributed by atoms with Gasteiger partial charge in [-0.2, -0.15) is 4.39 Å². The highest BCUT2D eigenvalue weighted by Gasteiger charge is 2.34. The second-order valence-electron chi connectivity index (χ2n) is 4.30. The number of rotatable bonds is 3. The average molecular weight is 252 g/mol. The van der Waals surface area contributed by atoms with Gasteiger partial charge in [-0.15, -0.1) is 0 Å². The lowest BCUT2D eigenvalue weighted by Crippen LogP contribution is -2.40. The molecule has 0 aromatic carbocycles. The van der Waals surface area contributed by atoms with E-state index in [0.29, 0.717) is 12.8 Å². The fourth-order valence-corrected chi connectivity index (χ4v) is 2.23. The van der Waals surface area contributed by atoms with Crippen molar-refractivity contribution >= 4 is 11.9 Å². The Bertz CT molecular complexity index is 478. The van der Waals surface area contributed by atoms with Crippen molar-refractivity contribution in [1.29, 1.82) is 0 Å². The maximum atomic E-state index is 13.3. The van der Waals surface area contributed by atoms with Gasteiger partial charge in [-0.05, 0) is 25.0 Å². The van der Waals surface area contributed by atoms with Gasteiger partial charge < -0.3 is 10.4 Å². The van der Waals surface area contributed by atoms with Crippen LogP contribution in [0.2, 0.25) is 0 Å². The van der Waals surface area contributed by atoms with Crippen LogP contribution in [-0.4, -0.2) is 28.0 Å². The van der Waals surface area contributed by atoms with Crippen molar-refractivity contribution in [2.45, 2.75) is 25.3 Å². The van der Waals surface area contributed by atoms with Gasteiger partial charge in [0.15, 0.2) is 0 Å². The highest BCUT2D eigenvalue weighted by atomic mass is 19.1. The van der Waals surface area contributed by atoms with Crippen molar-refractivity contribution in [1.82, 2.24) is 10.3 Å². The standard InChI is InChI=1S/C12H13FN2O3/c13-10-8(4-2-6-14-10)11(16)15-9-5-1-3-7(9)12(17)18/h2,4,6-7,9H,1,3,5H2,(H,15,16)(H,17,18). The smallest absolute Gasteiger partial charge is 0.308 e. The molecule has 0 saturated heterocycles. The first-order valence-electron chi connectivity index (χ1n) is 5.74. The van der Waals surface area contributed by atoms with Crippen LogP contribution in [0.25, 0.3) is 0 Å². The van der Waals surface area contributed by atoms with Crippen LogP contribution in [-0.2, 0) is 4.79 Å². The zero-order chi connectivity index (χ0) is 13.1. The number of hydrogen-bond acceptors (Lipinski definition) is 3. The van der Waals surface area contributed by atoms with E-state index in [1.807, 2.05) is 0 Å². The lowest BCUT2D eigenvalue weighted by atomic mass is 10.0. The maximum Gasteiger partial charge on any atom is 0.308 e. The summed E-state index contributed by atoms with van der Waals surface area (Å²) in [5.74, 6) is -2.98. The van der Waals surface area contributed by atoms with Crippen LogP contribution in [0.3, 0.4) is 0 Å². The number of carboxylic acid groups (broad SMARTS) is 1. The number of hydrogen-bond donors (Lipinski definition) is 2. The van der Waals surface area contributed by atoms with Gasteiger partial charge in [-0.3, -0.25) is 9.59 Å². The van der Waals surface area contributed by atoms with Crippen molar-refractivity contribution in [2.24, 2.45) is 5.92 Å². The van der Waals surface area contributed by atoms with E-state index in [-0.39, 0.29) is 5.56 Å². The molecule has 1 saturated carbocycles. The number of halogens is 1. The van der Waals surface area contributed by atoms with E-state index in [2.05, 4.69) is 10.3 Å². The molecule has 2 atom stereocenters. The third-order valence-corrected chi connectivity index (χ3v) is 3.15. The van der Waals surface area contributed by atoms with Crippen LogP contribution in [0.5, 0.6) is 0 Å². The van der Waals surface area contributed by atoms with E-state index in [0.717, 1.165) is 6.42 Å². The van der Waals surface area contributed by atoms with E-state index in [9.17, 15) is 14.0 Å². The van der Waals surface area contributed by atoms with Gasteiger partial charge in [-0.1, -0.05) is 6.42 Å². The van der Waals surface area contributed by atoms with E-state index < -0.39 is 29.8 Å². The summed E-state index contributed by atoms with van der Waals surface area (Å²) in [5, 5.41) is 11.6. The number of carbonyl (C=O) groups is 2. The number of carboxylic acids is 1. The molecular weight excluding hydrogens is 239 g/mol. The zero-order valence-electron chi connectivity index (χ0n) is 9.60. The molecule has 2 unspecified atom stereocenters. The molecule has 18 heavy (non-hydrogen) atoms. The number of nitrogens with one attached hydrogen (secondary N) is 1. The summed E-state index contributed by atoms with van der Waals surface area (Å²) >= 11 is 0. The summed E-state index contributed by atoms with van der Waals surface area (Å²) in [6, 6.07) is 2.35. The topological polar surface area (TPSA) is 79.3 Å². The Balaban J connectivity index is 2.08. The molecule has 1 amide bonds. The average Bonchev–Trinajstić information content (AvgIpc) is 2.77. The lowest BCUT2D eigenvalue weighted by Gasteiger charge is -2.17. The fourth-order valence-electron chi connectivity index (χ4n) is 2.23. The number of aliphatic carboxylic acids is 1. The molecule has 5 nitrogen and oxygen atoms in total. The predicted octanol–water partition coefficient (Wildman–Crippen LogP) is 1.20. The molecule has 96 valence electrons. The summed E-state index contributed by atoms with van der Waals surface area (Å²) in [7, 11) is 0. The molecule has 2 N–H and O–H groups in total. The summed E-state index contributed by atoms with van der Waals surface area (Å²) in [6.45, 7) is 0. The third-order valence-electron chi connectivity index (χ3n) is 3.15. The number of nitrogens with zero attached hydrogens (tertiary/aromatic N) is 1. The van der Waals surface area contributed by atoms with E-state index in [4.69, 9.17) is 5.11 Å². The minimum absolute atomic E-state index is 0.159. The van der Waals surface area contributed by atoms with Crippen LogP contribution < -0.4 is 5.32 Å². The monoisotopic (exact) mass is 252 g/mol. The van der Waals surface area contributed by atoms with Gasteiger partial charge in [-0.25, -0.2) is 4.98 Å². The molecule has 1 aliphatic carbocycles. The summed E-state index contributed by atoms with van der Waals surface area (Å²) < 4.78 is 13.3. The fraction of sp³-hybridized carbons (Fsp3) is 0.417. The Hall–Kier alpha value is -1.98. The Morgan fingerprint density at radius 2 is 2.22 bits per heavy atom. The quantitative estimate of drug-likeness (QED) is 0.792. The minimum atomic E-state index is -0.926. The normalized spacial score (nSPS) is 22.7. The Labute approximate surface area is 103 Å². The second kappa shape index (κ2) is 5.12. The molecule has 1 aliphatic rings. The van der Waals surface area contributed by atoms with Gasteiger partial charge in [0.25, 0.3) is 5.91 Å². The molecule has 0 aliphatic heterocycles. The van der Waals surface area contributed by atoms with Crippen LogP contribution >= 0.6 is 0 Å². The molecular formula is C12H13FN2O3. The first-order valence-corrected chi connectivity index (χ1v) is 5.74. The van der Waals surface area contributed by atoms with E-state index >= 15 is 0 Å². The lowest BCUT2D eigenvalue weighted by molar-refractivity contribution is -0.142. The molecule has 1 aromatic rings. The van der Waals surface area contributed by atoms with Gasteiger partial charge in [0.05, 0.1) is 11.5 Å². The highest BCUT2D eigenvalue weighted by molar-refractivity contribution is 5.94. The number of carbonyl (C=O) groups excluding carboxylic acids is 1. The Morgan fingerprint density at radius 1 is 1.44 bits per heavy atom. The predicted molar refractivity (Wildman–Crippen MR) is 60.4 cm³/mol. The van der Waals surface area contributed by atoms with Crippen molar-refractivity contribution in [3.63, 3.8) is 0 Å². The Morgan fingerprint density at radius 3 is 2.89 bits per heavy atom. The molecule has 1 heterocycles. The molecule has 2 rings (SSSR count). The van der Waals surface area contributed by atoms with Crippen molar-refractivity contribution in [2.75, 3.05) is 0 Å². The van der Waals surface area contributed by atoms with Crippen LogP contribution in [0, 0.1) is 11.9 Å². The molecule has 1 aromatic heterocycles. The van der Waals surface area contributed by atoms with Crippen molar-refractivity contribution in [3.8, 4) is 0 Å². The van der Waals surface area contributed by atoms with Crippen LogP contribution in [0.4, 0.5) is 4.39 Å². The summed E-state index contributed by atoms with van der Waals surface area (Å²) in [6.07, 6.45) is 3.14. The van der Waals surface area contributed by atoms with Crippen LogP contribution in [0.15, 0.2) is 18.3 Å². The molecule has 6 heteroatoms. The number of pyridine rings is 1. The van der Waals surface area contributed by atoms with Gasteiger partial charge in [0.1, 0.15) is 0 Å². The number of aromatic nitrogens is 1. The first-order chi connectivity index (χ1) is 8.59. The summed E-state index contributed by atoms with van der Waals surface area (Å²) in [4.78, 5) is 26.1. The summed E-state index contributed by atoms with van der Waals surface area (Å²) in [5.41, 5.74) is -0.159. The van der Waals surface area contributed by atoms with E-state index in [1.54, 1.807) is 0 Å². The van der Waals surface area contributed by atoms with Gasteiger partial charge in [0.2, 0.25) is 5.95 Å². The largest absolute Gasteiger partial charge is 0.481 e. The van der Waals surface area contributed by atoms with Gasteiger partial charge in [0, 0.05) is 12.2 Å². The molecule has 1 fully saturated rings. The highest BCUT2D eigenvalue weighted by Crippen LogP contribution is 2.26. The first kappa shape index (κ1) is 12.5. The maximum absolute atomic E-state index is 13.3. The minimum Gasteiger partial charge on any atom is -0.481 e. The van der Waals surface area contributed by atoms with Crippen molar-refractivity contribution < 1.29 is 19.1 Å². The SMILES string of the molecule is O=C(NC1CCCC1C(=O)O)c1cccnc1F. The van der Waals surface area contributed by atoms with Crippen LogP contribution in [0.1, 0.15) is 29.6 Å². The second-order valence-corrected chi connectivity index (χ2v) is 4.30. The zero-order valence-corrected chi connectivity index (χ0v) is 9.60. The number of amides is 1. The molecule has 0 spiro atoms. The van der Waals surface area contributed by atoms with E-state index in [1.165, 1.54) is 18.3 Å². The molecule has 0 radical (unpaired) electrons. The van der Waals surface area contributed by atoms with Crippen molar-refractivity contribution in [3.05, 3.63) is 29.8 Å².